The average molecular weight is 272 g/mol. The minimum absolute atomic E-state index is 0.0912. The first kappa shape index (κ1) is 14.3. The summed E-state index contributed by atoms with van der Waals surface area (Å²) >= 11 is 0. The lowest BCUT2D eigenvalue weighted by Gasteiger charge is -2.30. The van der Waals surface area contributed by atoms with Crippen molar-refractivity contribution in [3.05, 3.63) is 35.9 Å². The van der Waals surface area contributed by atoms with Gasteiger partial charge < -0.3 is 5.32 Å². The van der Waals surface area contributed by atoms with E-state index >= 15 is 0 Å². The van der Waals surface area contributed by atoms with Crippen molar-refractivity contribution >= 4 is 0 Å². The van der Waals surface area contributed by atoms with Crippen molar-refractivity contribution in [1.29, 1.82) is 0 Å². The molecule has 2 rings (SSSR count). The molecule has 0 bridgehead atoms. The van der Waals surface area contributed by atoms with Crippen LogP contribution in [0.25, 0.3) is 0 Å². The molecular formula is C14H19F3N2. The number of hydrogen-bond donors (Lipinski definition) is 1. The van der Waals surface area contributed by atoms with E-state index in [4.69, 9.17) is 0 Å². The highest BCUT2D eigenvalue weighted by atomic mass is 19.4. The SMILES string of the molecule is FC(F)(F)CN1CCCNCC1Cc1ccccc1. The van der Waals surface area contributed by atoms with E-state index in [9.17, 15) is 13.2 Å². The van der Waals surface area contributed by atoms with Crippen LogP contribution in [0.5, 0.6) is 0 Å². The van der Waals surface area contributed by atoms with Crippen LogP contribution < -0.4 is 5.32 Å². The lowest BCUT2D eigenvalue weighted by molar-refractivity contribution is -0.150. The molecule has 1 unspecified atom stereocenters. The maximum absolute atomic E-state index is 12.6. The molecule has 1 N–H and O–H groups in total. The van der Waals surface area contributed by atoms with E-state index in [1.165, 1.54) is 0 Å². The van der Waals surface area contributed by atoms with Gasteiger partial charge in [0, 0.05) is 19.1 Å². The fraction of sp³-hybridized carbons (Fsp3) is 0.571. The predicted molar refractivity (Wildman–Crippen MR) is 69.0 cm³/mol. The summed E-state index contributed by atoms with van der Waals surface area (Å²) in [5.74, 6) is 0. The number of nitrogens with one attached hydrogen (secondary N) is 1. The van der Waals surface area contributed by atoms with Crippen LogP contribution in [0.4, 0.5) is 13.2 Å². The van der Waals surface area contributed by atoms with Gasteiger partial charge in [0.1, 0.15) is 0 Å². The molecule has 0 amide bonds. The van der Waals surface area contributed by atoms with Crippen LogP contribution in [0.3, 0.4) is 0 Å². The molecule has 0 spiro atoms. The van der Waals surface area contributed by atoms with Gasteiger partial charge in [-0.05, 0) is 24.9 Å². The smallest absolute Gasteiger partial charge is 0.315 e. The number of nitrogens with zero attached hydrogens (tertiary/aromatic N) is 1. The zero-order valence-corrected chi connectivity index (χ0v) is 10.8. The molecule has 1 saturated heterocycles. The van der Waals surface area contributed by atoms with Crippen LogP contribution in [0.1, 0.15) is 12.0 Å². The molecule has 19 heavy (non-hydrogen) atoms. The molecule has 1 aromatic rings. The molecule has 106 valence electrons. The van der Waals surface area contributed by atoms with Gasteiger partial charge in [-0.25, -0.2) is 0 Å². The fourth-order valence-corrected chi connectivity index (χ4v) is 2.51. The van der Waals surface area contributed by atoms with Gasteiger partial charge in [-0.1, -0.05) is 30.3 Å². The largest absolute Gasteiger partial charge is 0.401 e. The van der Waals surface area contributed by atoms with Gasteiger partial charge in [0.05, 0.1) is 6.54 Å². The van der Waals surface area contributed by atoms with Crippen molar-refractivity contribution in [2.24, 2.45) is 0 Å². The van der Waals surface area contributed by atoms with Crippen LogP contribution in [0.2, 0.25) is 0 Å². The highest BCUT2D eigenvalue weighted by molar-refractivity contribution is 5.16. The number of hydrogen-bond acceptors (Lipinski definition) is 2. The zero-order valence-electron chi connectivity index (χ0n) is 10.8. The maximum Gasteiger partial charge on any atom is 0.401 e. The monoisotopic (exact) mass is 272 g/mol. The van der Waals surface area contributed by atoms with Crippen molar-refractivity contribution in [2.75, 3.05) is 26.2 Å². The van der Waals surface area contributed by atoms with Crippen LogP contribution in [0, 0.1) is 0 Å². The van der Waals surface area contributed by atoms with Crippen LogP contribution >= 0.6 is 0 Å². The molecule has 0 aromatic heterocycles. The van der Waals surface area contributed by atoms with Gasteiger partial charge in [0.15, 0.2) is 0 Å². The first-order chi connectivity index (χ1) is 9.04. The summed E-state index contributed by atoms with van der Waals surface area (Å²) in [4.78, 5) is 1.56. The van der Waals surface area contributed by atoms with E-state index in [0.717, 1.165) is 18.5 Å². The molecule has 1 heterocycles. The van der Waals surface area contributed by atoms with Crippen molar-refractivity contribution in [1.82, 2.24) is 10.2 Å². The van der Waals surface area contributed by atoms with Gasteiger partial charge in [0.2, 0.25) is 0 Å². The predicted octanol–water partition coefficient (Wildman–Crippen LogP) is 2.46. The van der Waals surface area contributed by atoms with E-state index in [1.807, 2.05) is 30.3 Å². The van der Waals surface area contributed by atoms with E-state index in [-0.39, 0.29) is 6.04 Å². The van der Waals surface area contributed by atoms with Gasteiger partial charge in [0.25, 0.3) is 0 Å². The van der Waals surface area contributed by atoms with Gasteiger partial charge in [-0.3, -0.25) is 4.90 Å². The molecule has 1 aromatic carbocycles. The second kappa shape index (κ2) is 6.39. The van der Waals surface area contributed by atoms with Crippen molar-refractivity contribution in [3.8, 4) is 0 Å². The molecule has 1 aliphatic heterocycles. The molecule has 1 atom stereocenters. The van der Waals surface area contributed by atoms with E-state index < -0.39 is 12.7 Å². The maximum atomic E-state index is 12.6. The van der Waals surface area contributed by atoms with Crippen molar-refractivity contribution in [3.63, 3.8) is 0 Å². The Morgan fingerprint density at radius 3 is 2.63 bits per heavy atom. The molecule has 0 radical (unpaired) electrons. The fourth-order valence-electron chi connectivity index (χ4n) is 2.51. The Labute approximate surface area is 111 Å². The lowest BCUT2D eigenvalue weighted by Crippen LogP contribution is -2.45. The van der Waals surface area contributed by atoms with E-state index in [0.29, 0.717) is 19.5 Å². The molecule has 0 aliphatic carbocycles. The summed E-state index contributed by atoms with van der Waals surface area (Å²) in [6.45, 7) is 1.10. The Bertz CT molecular complexity index is 378. The Morgan fingerprint density at radius 2 is 1.95 bits per heavy atom. The third kappa shape index (κ3) is 4.84. The number of rotatable bonds is 3. The summed E-state index contributed by atoms with van der Waals surface area (Å²) in [5.41, 5.74) is 1.09. The minimum Gasteiger partial charge on any atom is -0.315 e. The Kier molecular flexibility index (Phi) is 4.82. The molecule has 1 fully saturated rings. The van der Waals surface area contributed by atoms with Gasteiger partial charge in [-0.15, -0.1) is 0 Å². The summed E-state index contributed by atoms with van der Waals surface area (Å²) in [7, 11) is 0. The minimum atomic E-state index is -4.13. The van der Waals surface area contributed by atoms with E-state index in [2.05, 4.69) is 5.32 Å². The van der Waals surface area contributed by atoms with Gasteiger partial charge >= 0.3 is 6.18 Å². The van der Waals surface area contributed by atoms with Crippen LogP contribution in [-0.4, -0.2) is 43.3 Å². The Balaban J connectivity index is 2.04. The summed E-state index contributed by atoms with van der Waals surface area (Å²) < 4.78 is 37.9. The summed E-state index contributed by atoms with van der Waals surface area (Å²) in [5, 5.41) is 3.22. The molecule has 5 heteroatoms. The second-order valence-electron chi connectivity index (χ2n) is 4.99. The first-order valence-corrected chi connectivity index (χ1v) is 6.60. The third-order valence-corrected chi connectivity index (χ3v) is 3.39. The topological polar surface area (TPSA) is 15.3 Å². The van der Waals surface area contributed by atoms with E-state index in [1.54, 1.807) is 4.90 Å². The van der Waals surface area contributed by atoms with Gasteiger partial charge in [-0.2, -0.15) is 13.2 Å². The van der Waals surface area contributed by atoms with Crippen molar-refractivity contribution in [2.45, 2.75) is 25.1 Å². The quantitative estimate of drug-likeness (QED) is 0.909. The molecule has 0 saturated carbocycles. The normalized spacial score (nSPS) is 22.2. The standard InChI is InChI=1S/C14H19F3N2/c15-14(16,17)11-19-8-4-7-18-10-13(19)9-12-5-2-1-3-6-12/h1-3,5-6,13,18H,4,7-11H2. The number of alkyl halides is 3. The number of halogens is 3. The first-order valence-electron chi connectivity index (χ1n) is 6.60. The van der Waals surface area contributed by atoms with Crippen LogP contribution in [0.15, 0.2) is 30.3 Å². The number of benzene rings is 1. The molecular weight excluding hydrogens is 253 g/mol. The zero-order chi connectivity index (χ0) is 13.7. The third-order valence-electron chi connectivity index (χ3n) is 3.39. The highest BCUT2D eigenvalue weighted by Crippen LogP contribution is 2.20. The second-order valence-corrected chi connectivity index (χ2v) is 4.99. The Hall–Kier alpha value is -1.07. The summed E-state index contributed by atoms with van der Waals surface area (Å²) in [6.07, 6.45) is -2.70. The summed E-state index contributed by atoms with van der Waals surface area (Å²) in [6, 6.07) is 9.61. The van der Waals surface area contributed by atoms with Crippen LogP contribution in [-0.2, 0) is 6.42 Å². The molecule has 2 nitrogen and oxygen atoms in total. The van der Waals surface area contributed by atoms with Crippen molar-refractivity contribution < 1.29 is 13.2 Å². The highest BCUT2D eigenvalue weighted by Gasteiger charge is 2.34. The molecule has 1 aliphatic rings. The average Bonchev–Trinajstić information content (AvgIpc) is 2.55. The Morgan fingerprint density at radius 1 is 1.21 bits per heavy atom. The lowest BCUT2D eigenvalue weighted by atomic mass is 10.0.